The molecule has 0 saturated carbocycles. The summed E-state index contributed by atoms with van der Waals surface area (Å²) < 4.78 is 5.23. The van der Waals surface area contributed by atoms with E-state index in [-0.39, 0.29) is 31.2 Å². The highest BCUT2D eigenvalue weighted by Gasteiger charge is 2.24. The van der Waals surface area contributed by atoms with E-state index in [9.17, 15) is 4.79 Å². The zero-order valence-corrected chi connectivity index (χ0v) is 7.53. The molecule has 1 amide bonds. The van der Waals surface area contributed by atoms with Gasteiger partial charge in [0.15, 0.2) is 0 Å². The van der Waals surface area contributed by atoms with Crippen molar-refractivity contribution in [3.8, 4) is 0 Å². The predicted molar refractivity (Wildman–Crippen MR) is 47.0 cm³/mol. The van der Waals surface area contributed by atoms with Crippen molar-refractivity contribution in [1.82, 2.24) is 5.32 Å². The minimum atomic E-state index is -0.383. The van der Waals surface area contributed by atoms with Gasteiger partial charge in [-0.05, 0) is 12.8 Å². The molecule has 5 heteroatoms. The third-order valence-electron chi connectivity index (χ3n) is 2.01. The first-order valence-corrected chi connectivity index (χ1v) is 4.50. The zero-order chi connectivity index (χ0) is 9.68. The van der Waals surface area contributed by atoms with E-state index in [1.807, 2.05) is 0 Å². The lowest BCUT2D eigenvalue weighted by molar-refractivity contribution is -0.136. The molecule has 4 N–H and O–H groups in total. The molecule has 0 aromatic heterocycles. The zero-order valence-electron chi connectivity index (χ0n) is 7.53. The van der Waals surface area contributed by atoms with Crippen LogP contribution in [0.25, 0.3) is 0 Å². The van der Waals surface area contributed by atoms with E-state index >= 15 is 0 Å². The Hall–Kier alpha value is -0.650. The predicted octanol–water partition coefficient (Wildman–Crippen LogP) is -1.40. The van der Waals surface area contributed by atoms with E-state index in [2.05, 4.69) is 5.32 Å². The lowest BCUT2D eigenvalue weighted by atomic mass is 10.1. The smallest absolute Gasteiger partial charge is 0.249 e. The van der Waals surface area contributed by atoms with Crippen molar-refractivity contribution in [2.45, 2.75) is 25.0 Å². The lowest BCUT2D eigenvalue weighted by Gasteiger charge is -2.25. The number of carbonyl (C=O) groups is 1. The third-order valence-corrected chi connectivity index (χ3v) is 2.01. The van der Waals surface area contributed by atoms with E-state index in [1.165, 1.54) is 0 Å². The number of aliphatic hydroxyl groups excluding tert-OH is 1. The number of aliphatic hydroxyl groups is 1. The average molecular weight is 188 g/mol. The Labute approximate surface area is 77.2 Å². The van der Waals surface area contributed by atoms with E-state index in [4.69, 9.17) is 15.6 Å². The number of hydrogen-bond acceptors (Lipinski definition) is 4. The number of nitrogens with one attached hydrogen (secondary N) is 1. The van der Waals surface area contributed by atoms with Crippen LogP contribution in [0.4, 0.5) is 0 Å². The molecule has 0 spiro atoms. The van der Waals surface area contributed by atoms with E-state index in [1.54, 1.807) is 0 Å². The summed E-state index contributed by atoms with van der Waals surface area (Å²) in [4.78, 5) is 11.3. The summed E-state index contributed by atoms with van der Waals surface area (Å²) in [5, 5.41) is 11.0. The van der Waals surface area contributed by atoms with E-state index in [0.717, 1.165) is 6.42 Å². The van der Waals surface area contributed by atoms with Crippen molar-refractivity contribution in [2.75, 3.05) is 19.8 Å². The average Bonchev–Trinajstić information content (AvgIpc) is 2.15. The molecule has 1 aliphatic heterocycles. The minimum absolute atomic E-state index is 0.0437. The highest BCUT2D eigenvalue weighted by atomic mass is 16.5. The SMILES string of the molecule is NC1CC[C@@H](C(=O)NCCO)OC1. The first-order chi connectivity index (χ1) is 6.24. The molecule has 0 aliphatic carbocycles. The Morgan fingerprint density at radius 3 is 2.92 bits per heavy atom. The van der Waals surface area contributed by atoms with Crippen LogP contribution in [-0.4, -0.2) is 42.9 Å². The number of ether oxygens (including phenoxy) is 1. The van der Waals surface area contributed by atoms with Crippen LogP contribution >= 0.6 is 0 Å². The molecule has 76 valence electrons. The Morgan fingerprint density at radius 1 is 1.62 bits per heavy atom. The monoisotopic (exact) mass is 188 g/mol. The van der Waals surface area contributed by atoms with Gasteiger partial charge in [0.25, 0.3) is 0 Å². The molecule has 13 heavy (non-hydrogen) atoms. The fourth-order valence-corrected chi connectivity index (χ4v) is 1.27. The summed E-state index contributed by atoms with van der Waals surface area (Å²) in [5.41, 5.74) is 5.60. The van der Waals surface area contributed by atoms with Crippen LogP contribution in [0.15, 0.2) is 0 Å². The minimum Gasteiger partial charge on any atom is -0.395 e. The second-order valence-electron chi connectivity index (χ2n) is 3.17. The fraction of sp³-hybridized carbons (Fsp3) is 0.875. The molecule has 0 bridgehead atoms. The Morgan fingerprint density at radius 2 is 2.38 bits per heavy atom. The van der Waals surface area contributed by atoms with Gasteiger partial charge in [-0.3, -0.25) is 4.79 Å². The Balaban J connectivity index is 2.23. The van der Waals surface area contributed by atoms with Gasteiger partial charge >= 0.3 is 0 Å². The van der Waals surface area contributed by atoms with Gasteiger partial charge in [0.2, 0.25) is 5.91 Å². The molecule has 1 aliphatic rings. The molecular weight excluding hydrogens is 172 g/mol. The summed E-state index contributed by atoms with van der Waals surface area (Å²) in [5.74, 6) is -0.152. The van der Waals surface area contributed by atoms with Crippen molar-refractivity contribution in [3.05, 3.63) is 0 Å². The quantitative estimate of drug-likeness (QED) is 0.508. The summed E-state index contributed by atoms with van der Waals surface area (Å²) in [6.07, 6.45) is 1.10. The van der Waals surface area contributed by atoms with Crippen LogP contribution in [0, 0.1) is 0 Å². The highest BCUT2D eigenvalue weighted by molar-refractivity contribution is 5.80. The van der Waals surface area contributed by atoms with E-state index in [0.29, 0.717) is 13.0 Å². The molecule has 1 heterocycles. The van der Waals surface area contributed by atoms with Gasteiger partial charge in [-0.2, -0.15) is 0 Å². The standard InChI is InChI=1S/C8H16N2O3/c9-6-1-2-7(13-5-6)8(12)10-3-4-11/h6-7,11H,1-5,9H2,(H,10,12)/t6?,7-/m0/s1. The normalized spacial score (nSPS) is 28.5. The van der Waals surface area contributed by atoms with Crippen LogP contribution in [0.1, 0.15) is 12.8 Å². The maximum atomic E-state index is 11.3. The largest absolute Gasteiger partial charge is 0.395 e. The third kappa shape index (κ3) is 3.30. The number of rotatable bonds is 3. The number of carbonyl (C=O) groups excluding carboxylic acids is 1. The first kappa shape index (κ1) is 10.4. The van der Waals surface area contributed by atoms with Crippen molar-refractivity contribution >= 4 is 5.91 Å². The fourth-order valence-electron chi connectivity index (χ4n) is 1.27. The van der Waals surface area contributed by atoms with Gasteiger partial charge in [-0.15, -0.1) is 0 Å². The summed E-state index contributed by atoms with van der Waals surface area (Å²) >= 11 is 0. The van der Waals surface area contributed by atoms with Crippen molar-refractivity contribution in [3.63, 3.8) is 0 Å². The molecule has 5 nitrogen and oxygen atoms in total. The Kier molecular flexibility index (Phi) is 4.14. The van der Waals surface area contributed by atoms with Gasteiger partial charge < -0.3 is 20.9 Å². The number of nitrogens with two attached hydrogens (primary N) is 1. The van der Waals surface area contributed by atoms with Gasteiger partial charge in [0, 0.05) is 12.6 Å². The van der Waals surface area contributed by atoms with Crippen LogP contribution in [-0.2, 0) is 9.53 Å². The maximum absolute atomic E-state index is 11.3. The van der Waals surface area contributed by atoms with Gasteiger partial charge in [-0.25, -0.2) is 0 Å². The van der Waals surface area contributed by atoms with Crippen LogP contribution in [0.3, 0.4) is 0 Å². The second-order valence-corrected chi connectivity index (χ2v) is 3.17. The molecule has 1 fully saturated rings. The number of hydrogen-bond donors (Lipinski definition) is 3. The molecule has 0 radical (unpaired) electrons. The summed E-state index contributed by atoms with van der Waals surface area (Å²) in [7, 11) is 0. The molecule has 0 aromatic carbocycles. The van der Waals surface area contributed by atoms with Crippen LogP contribution < -0.4 is 11.1 Å². The summed E-state index contributed by atoms with van der Waals surface area (Å²) in [6, 6.07) is 0.0573. The van der Waals surface area contributed by atoms with Crippen LogP contribution in [0.5, 0.6) is 0 Å². The molecule has 0 aromatic rings. The molecular formula is C8H16N2O3. The molecule has 1 saturated heterocycles. The van der Waals surface area contributed by atoms with Gasteiger partial charge in [-0.1, -0.05) is 0 Å². The molecule has 2 atom stereocenters. The first-order valence-electron chi connectivity index (χ1n) is 4.50. The van der Waals surface area contributed by atoms with Crippen molar-refractivity contribution < 1.29 is 14.6 Å². The molecule has 1 unspecified atom stereocenters. The Bertz CT molecular complexity index is 167. The highest BCUT2D eigenvalue weighted by Crippen LogP contribution is 2.11. The topological polar surface area (TPSA) is 84.6 Å². The molecule has 1 rings (SSSR count). The second kappa shape index (κ2) is 5.16. The van der Waals surface area contributed by atoms with Crippen molar-refractivity contribution in [1.29, 1.82) is 0 Å². The van der Waals surface area contributed by atoms with E-state index < -0.39 is 0 Å². The van der Waals surface area contributed by atoms with Crippen LogP contribution in [0.2, 0.25) is 0 Å². The summed E-state index contributed by atoms with van der Waals surface area (Å²) in [6.45, 7) is 0.680. The lowest BCUT2D eigenvalue weighted by Crippen LogP contribution is -2.44. The van der Waals surface area contributed by atoms with Gasteiger partial charge in [0.1, 0.15) is 6.10 Å². The van der Waals surface area contributed by atoms with Gasteiger partial charge in [0.05, 0.1) is 13.2 Å². The number of amides is 1. The maximum Gasteiger partial charge on any atom is 0.249 e. The van der Waals surface area contributed by atoms with Crippen molar-refractivity contribution in [2.24, 2.45) is 5.73 Å².